The number of hydrogen-bond acceptors (Lipinski definition) is 2. The van der Waals surface area contributed by atoms with E-state index in [1.807, 2.05) is 0 Å². The second-order valence-electron chi connectivity index (χ2n) is 4.94. The summed E-state index contributed by atoms with van der Waals surface area (Å²) in [5, 5.41) is 0. The Bertz CT molecular complexity index is 523. The Morgan fingerprint density at radius 2 is 1.42 bits per heavy atom. The fourth-order valence-corrected chi connectivity index (χ4v) is 2.84. The summed E-state index contributed by atoms with van der Waals surface area (Å²) in [5.74, 6) is 0. The lowest BCUT2D eigenvalue weighted by molar-refractivity contribution is 0.344. The minimum absolute atomic E-state index is 0.0263. The van der Waals surface area contributed by atoms with Crippen molar-refractivity contribution in [3.8, 4) is 0 Å². The van der Waals surface area contributed by atoms with E-state index in [0.29, 0.717) is 13.2 Å². The third-order valence-electron chi connectivity index (χ3n) is 3.74. The second kappa shape index (κ2) is 5.60. The average Bonchev–Trinajstić information content (AvgIpc) is 2.62. The van der Waals surface area contributed by atoms with Crippen molar-refractivity contribution in [2.45, 2.75) is 12.8 Å². The van der Waals surface area contributed by atoms with Gasteiger partial charge in [-0.3, -0.25) is 0 Å². The van der Waals surface area contributed by atoms with Crippen molar-refractivity contribution >= 4 is 17.8 Å². The summed E-state index contributed by atoms with van der Waals surface area (Å²) in [7, 11) is 0. The second-order valence-corrected chi connectivity index (χ2v) is 4.94. The SMILES string of the molecule is NCCOB1c2ccccc2CCc2ccccc21. The highest BCUT2D eigenvalue weighted by molar-refractivity contribution is 6.80. The molecule has 0 spiro atoms. The van der Waals surface area contributed by atoms with Crippen LogP contribution >= 0.6 is 0 Å². The summed E-state index contributed by atoms with van der Waals surface area (Å²) < 4.78 is 6.04. The first-order chi connectivity index (χ1) is 9.40. The predicted octanol–water partition coefficient (Wildman–Crippen LogP) is 0.866. The Hall–Kier alpha value is -1.58. The summed E-state index contributed by atoms with van der Waals surface area (Å²) in [6.07, 6.45) is 2.16. The van der Waals surface area contributed by atoms with Gasteiger partial charge in [-0.25, -0.2) is 0 Å². The van der Waals surface area contributed by atoms with Crippen molar-refractivity contribution < 1.29 is 4.65 Å². The average molecular weight is 251 g/mol. The molecule has 0 bridgehead atoms. The molecule has 96 valence electrons. The van der Waals surface area contributed by atoms with Gasteiger partial charge >= 0.3 is 6.92 Å². The number of fused-ring (bicyclic) bond motifs is 2. The molecule has 0 aromatic heterocycles. The standard InChI is InChI=1S/C16H18BNO/c18-11-12-19-17-15-7-3-1-5-13(15)9-10-14-6-2-4-8-16(14)17/h1-8H,9-12,18H2. The Morgan fingerprint density at radius 1 is 0.895 bits per heavy atom. The van der Waals surface area contributed by atoms with Crippen LogP contribution in [0.15, 0.2) is 48.5 Å². The zero-order chi connectivity index (χ0) is 13.1. The molecule has 0 radical (unpaired) electrons. The molecule has 3 rings (SSSR count). The molecule has 1 aliphatic rings. The molecule has 3 heteroatoms. The summed E-state index contributed by atoms with van der Waals surface area (Å²) in [4.78, 5) is 0. The maximum absolute atomic E-state index is 6.04. The highest BCUT2D eigenvalue weighted by atomic mass is 16.4. The lowest BCUT2D eigenvalue weighted by atomic mass is 9.54. The summed E-state index contributed by atoms with van der Waals surface area (Å²) in [6.45, 7) is 1.17. The van der Waals surface area contributed by atoms with Crippen LogP contribution in [0.25, 0.3) is 0 Å². The van der Waals surface area contributed by atoms with E-state index in [9.17, 15) is 0 Å². The molecule has 0 fully saturated rings. The van der Waals surface area contributed by atoms with E-state index in [-0.39, 0.29) is 6.92 Å². The molecule has 2 aromatic rings. The normalized spacial score (nSPS) is 13.6. The van der Waals surface area contributed by atoms with Crippen molar-refractivity contribution in [3.05, 3.63) is 59.7 Å². The van der Waals surface area contributed by atoms with E-state index in [1.165, 1.54) is 22.1 Å². The van der Waals surface area contributed by atoms with Gasteiger partial charge in [-0.1, -0.05) is 59.7 Å². The number of benzene rings is 2. The molecule has 0 saturated carbocycles. The van der Waals surface area contributed by atoms with Crippen LogP contribution in [0, 0.1) is 0 Å². The molecule has 0 atom stereocenters. The van der Waals surface area contributed by atoms with Gasteiger partial charge in [0, 0.05) is 13.2 Å². The molecule has 1 aliphatic heterocycles. The number of nitrogens with two attached hydrogens (primary N) is 1. The van der Waals surface area contributed by atoms with Gasteiger partial charge < -0.3 is 10.4 Å². The summed E-state index contributed by atoms with van der Waals surface area (Å²) in [5.41, 5.74) is 11.0. The van der Waals surface area contributed by atoms with Gasteiger partial charge in [0.25, 0.3) is 0 Å². The van der Waals surface area contributed by atoms with Crippen LogP contribution in [0.3, 0.4) is 0 Å². The predicted molar refractivity (Wildman–Crippen MR) is 80.3 cm³/mol. The maximum Gasteiger partial charge on any atom is 0.362 e. The van der Waals surface area contributed by atoms with Crippen LogP contribution in [0.5, 0.6) is 0 Å². The first-order valence-corrected chi connectivity index (χ1v) is 6.87. The van der Waals surface area contributed by atoms with E-state index in [4.69, 9.17) is 10.4 Å². The zero-order valence-corrected chi connectivity index (χ0v) is 11.0. The Balaban J connectivity index is 2.08. The molecule has 0 saturated heterocycles. The van der Waals surface area contributed by atoms with Crippen LogP contribution in [-0.4, -0.2) is 20.1 Å². The number of hydrogen-bond donors (Lipinski definition) is 1. The number of aryl methyl sites for hydroxylation is 2. The van der Waals surface area contributed by atoms with Gasteiger partial charge in [0.1, 0.15) is 0 Å². The molecule has 0 unspecified atom stereocenters. The highest BCUT2D eigenvalue weighted by Crippen LogP contribution is 2.12. The van der Waals surface area contributed by atoms with Crippen molar-refractivity contribution in [1.29, 1.82) is 0 Å². The van der Waals surface area contributed by atoms with Crippen LogP contribution in [0.2, 0.25) is 0 Å². The van der Waals surface area contributed by atoms with E-state index in [0.717, 1.165) is 12.8 Å². The smallest absolute Gasteiger partial charge is 0.362 e. The van der Waals surface area contributed by atoms with Crippen molar-refractivity contribution in [2.75, 3.05) is 13.2 Å². The fourth-order valence-electron chi connectivity index (χ4n) is 2.84. The summed E-state index contributed by atoms with van der Waals surface area (Å²) >= 11 is 0. The third kappa shape index (κ3) is 2.44. The van der Waals surface area contributed by atoms with E-state index >= 15 is 0 Å². The van der Waals surface area contributed by atoms with Gasteiger partial charge in [-0.15, -0.1) is 0 Å². The lowest BCUT2D eigenvalue weighted by Crippen LogP contribution is -2.47. The molecule has 2 N–H and O–H groups in total. The molecule has 19 heavy (non-hydrogen) atoms. The van der Waals surface area contributed by atoms with Crippen LogP contribution < -0.4 is 16.7 Å². The first-order valence-electron chi connectivity index (χ1n) is 6.87. The van der Waals surface area contributed by atoms with Crippen molar-refractivity contribution in [3.63, 3.8) is 0 Å². The molecule has 0 aliphatic carbocycles. The molecule has 2 aromatic carbocycles. The van der Waals surface area contributed by atoms with Crippen molar-refractivity contribution in [2.24, 2.45) is 5.73 Å². The summed E-state index contributed by atoms with van der Waals surface area (Å²) in [6, 6.07) is 17.2. The highest BCUT2D eigenvalue weighted by Gasteiger charge is 2.28. The number of rotatable bonds is 3. The monoisotopic (exact) mass is 251 g/mol. The fraction of sp³-hybridized carbons (Fsp3) is 0.250. The van der Waals surface area contributed by atoms with Crippen molar-refractivity contribution in [1.82, 2.24) is 0 Å². The topological polar surface area (TPSA) is 35.2 Å². The van der Waals surface area contributed by atoms with Gasteiger partial charge in [0.2, 0.25) is 0 Å². The molecular formula is C16H18BNO. The van der Waals surface area contributed by atoms with E-state index in [1.54, 1.807) is 0 Å². The maximum atomic E-state index is 6.04. The van der Waals surface area contributed by atoms with Crippen LogP contribution in [0.1, 0.15) is 11.1 Å². The van der Waals surface area contributed by atoms with Gasteiger partial charge in [-0.2, -0.15) is 0 Å². The molecule has 2 nitrogen and oxygen atoms in total. The van der Waals surface area contributed by atoms with Crippen LogP contribution in [-0.2, 0) is 17.5 Å². The van der Waals surface area contributed by atoms with Gasteiger partial charge in [0.15, 0.2) is 0 Å². The zero-order valence-electron chi connectivity index (χ0n) is 11.0. The lowest BCUT2D eigenvalue weighted by Gasteiger charge is -2.17. The molecule has 0 amide bonds. The van der Waals surface area contributed by atoms with Gasteiger partial charge in [-0.05, 0) is 23.8 Å². The molecule has 1 heterocycles. The van der Waals surface area contributed by atoms with Gasteiger partial charge in [0.05, 0.1) is 0 Å². The quantitative estimate of drug-likeness (QED) is 0.821. The first kappa shape index (κ1) is 12.5. The third-order valence-corrected chi connectivity index (χ3v) is 3.74. The van der Waals surface area contributed by atoms with E-state index < -0.39 is 0 Å². The minimum atomic E-state index is 0.0263. The molecular weight excluding hydrogens is 233 g/mol. The minimum Gasteiger partial charge on any atom is -0.426 e. The van der Waals surface area contributed by atoms with E-state index in [2.05, 4.69) is 48.5 Å². The largest absolute Gasteiger partial charge is 0.426 e. The Labute approximate surface area is 114 Å². The van der Waals surface area contributed by atoms with Crippen LogP contribution in [0.4, 0.5) is 0 Å². The Morgan fingerprint density at radius 3 is 1.95 bits per heavy atom. The Kier molecular flexibility index (Phi) is 3.67.